The highest BCUT2D eigenvalue weighted by molar-refractivity contribution is 6.05. The van der Waals surface area contributed by atoms with Crippen LogP contribution < -0.4 is 15.8 Å². The normalized spacial score (nSPS) is 10.3. The van der Waals surface area contributed by atoms with E-state index in [-0.39, 0.29) is 5.91 Å². The molecule has 3 N–H and O–H groups in total. The number of benzene rings is 2. The van der Waals surface area contributed by atoms with Crippen LogP contribution >= 0.6 is 0 Å². The first-order chi connectivity index (χ1) is 11.2. The van der Waals surface area contributed by atoms with Gasteiger partial charge in [0, 0.05) is 32.2 Å². The van der Waals surface area contributed by atoms with E-state index in [9.17, 15) is 4.79 Å². The summed E-state index contributed by atoms with van der Waals surface area (Å²) in [6, 6.07) is 14.6. The summed E-state index contributed by atoms with van der Waals surface area (Å²) in [7, 11) is 1.66. The van der Waals surface area contributed by atoms with Crippen LogP contribution in [0, 0.1) is 0 Å². The van der Waals surface area contributed by atoms with E-state index in [2.05, 4.69) is 5.32 Å². The summed E-state index contributed by atoms with van der Waals surface area (Å²) >= 11 is 0. The van der Waals surface area contributed by atoms with E-state index in [0.29, 0.717) is 36.8 Å². The van der Waals surface area contributed by atoms with Crippen molar-refractivity contribution in [3.05, 3.63) is 59.7 Å². The summed E-state index contributed by atoms with van der Waals surface area (Å²) in [4.78, 5) is 12.3. The van der Waals surface area contributed by atoms with Crippen LogP contribution in [0.2, 0.25) is 0 Å². The van der Waals surface area contributed by atoms with Crippen LogP contribution in [-0.2, 0) is 11.3 Å². The van der Waals surface area contributed by atoms with Gasteiger partial charge in [0.25, 0.3) is 5.91 Å². The number of rotatable bonds is 8. The Balaban J connectivity index is 2.02. The van der Waals surface area contributed by atoms with Gasteiger partial charge in [0.1, 0.15) is 5.75 Å². The zero-order valence-corrected chi connectivity index (χ0v) is 13.2. The number of para-hydroxylation sites is 2. The largest absolute Gasteiger partial charge is 0.491 e. The van der Waals surface area contributed by atoms with Crippen molar-refractivity contribution in [2.24, 2.45) is 5.73 Å². The number of carbonyl (C=O) groups excluding carboxylic acids is 1. The average molecular weight is 314 g/mol. The van der Waals surface area contributed by atoms with Crippen molar-refractivity contribution in [2.45, 2.75) is 13.0 Å². The Hall–Kier alpha value is -2.37. The predicted octanol–water partition coefficient (Wildman–Crippen LogP) is 2.81. The van der Waals surface area contributed by atoms with Crippen molar-refractivity contribution in [3.63, 3.8) is 0 Å². The molecule has 2 rings (SSSR count). The van der Waals surface area contributed by atoms with Gasteiger partial charge in [-0.3, -0.25) is 4.79 Å². The number of nitrogens with two attached hydrogens (primary N) is 1. The van der Waals surface area contributed by atoms with Gasteiger partial charge in [-0.1, -0.05) is 24.3 Å². The van der Waals surface area contributed by atoms with E-state index in [1.54, 1.807) is 19.2 Å². The molecule has 0 aliphatic carbocycles. The second kappa shape index (κ2) is 8.92. The van der Waals surface area contributed by atoms with Crippen LogP contribution in [0.3, 0.4) is 0 Å². The monoisotopic (exact) mass is 314 g/mol. The Morgan fingerprint density at radius 1 is 1.09 bits per heavy atom. The summed E-state index contributed by atoms with van der Waals surface area (Å²) < 4.78 is 10.7. The van der Waals surface area contributed by atoms with Crippen LogP contribution in [0.5, 0.6) is 5.75 Å². The first-order valence-electron chi connectivity index (χ1n) is 7.55. The summed E-state index contributed by atoms with van der Waals surface area (Å²) in [5, 5.41) is 2.88. The quantitative estimate of drug-likeness (QED) is 0.735. The highest BCUT2D eigenvalue weighted by atomic mass is 16.5. The number of hydrogen-bond acceptors (Lipinski definition) is 4. The van der Waals surface area contributed by atoms with Gasteiger partial charge in [0.15, 0.2) is 0 Å². The molecule has 0 heterocycles. The van der Waals surface area contributed by atoms with Crippen molar-refractivity contribution in [3.8, 4) is 5.75 Å². The average Bonchev–Trinajstić information content (AvgIpc) is 2.60. The van der Waals surface area contributed by atoms with E-state index in [1.165, 1.54) is 0 Å². The van der Waals surface area contributed by atoms with Gasteiger partial charge >= 0.3 is 0 Å². The van der Waals surface area contributed by atoms with E-state index >= 15 is 0 Å². The number of amides is 1. The fourth-order valence-corrected chi connectivity index (χ4v) is 2.07. The number of hydrogen-bond donors (Lipinski definition) is 2. The fraction of sp³-hybridized carbons (Fsp3) is 0.278. The van der Waals surface area contributed by atoms with Crippen LogP contribution in [-0.4, -0.2) is 26.2 Å². The number of ether oxygens (including phenoxy) is 2. The van der Waals surface area contributed by atoms with Crippen LogP contribution in [0.15, 0.2) is 48.5 Å². The van der Waals surface area contributed by atoms with Gasteiger partial charge in [0.05, 0.1) is 12.3 Å². The molecule has 0 aliphatic heterocycles. The molecule has 0 saturated heterocycles. The lowest BCUT2D eigenvalue weighted by atomic mass is 10.1. The topological polar surface area (TPSA) is 73.6 Å². The Morgan fingerprint density at radius 3 is 2.52 bits per heavy atom. The molecule has 0 aliphatic rings. The second-order valence-electron chi connectivity index (χ2n) is 5.05. The van der Waals surface area contributed by atoms with Gasteiger partial charge in [-0.25, -0.2) is 0 Å². The third-order valence-electron chi connectivity index (χ3n) is 3.34. The summed E-state index contributed by atoms with van der Waals surface area (Å²) in [5.74, 6) is 0.469. The number of anilines is 1. The minimum atomic E-state index is -0.179. The molecule has 23 heavy (non-hydrogen) atoms. The predicted molar refractivity (Wildman–Crippen MR) is 90.7 cm³/mol. The lowest BCUT2D eigenvalue weighted by Crippen LogP contribution is -2.13. The molecule has 0 aromatic heterocycles. The van der Waals surface area contributed by atoms with E-state index < -0.39 is 0 Å². The Morgan fingerprint density at radius 2 is 1.83 bits per heavy atom. The van der Waals surface area contributed by atoms with Gasteiger partial charge in [-0.05, 0) is 29.8 Å². The second-order valence-corrected chi connectivity index (χ2v) is 5.05. The minimum Gasteiger partial charge on any atom is -0.491 e. The molecule has 0 fully saturated rings. The fourth-order valence-electron chi connectivity index (χ4n) is 2.07. The maximum atomic E-state index is 12.3. The molecule has 2 aromatic carbocycles. The van der Waals surface area contributed by atoms with Crippen molar-refractivity contribution >= 4 is 11.6 Å². The highest BCUT2D eigenvalue weighted by Gasteiger charge is 2.09. The van der Waals surface area contributed by atoms with Crippen LogP contribution in [0.4, 0.5) is 5.69 Å². The molecule has 2 aromatic rings. The molecule has 5 heteroatoms. The van der Waals surface area contributed by atoms with E-state index in [1.807, 2.05) is 36.4 Å². The minimum absolute atomic E-state index is 0.179. The summed E-state index contributed by atoms with van der Waals surface area (Å²) in [5.41, 5.74) is 7.78. The SMILES string of the molecule is COCCCOc1ccccc1NC(=O)c1ccc(CN)cc1. The molecule has 5 nitrogen and oxygen atoms in total. The van der Waals surface area contributed by atoms with Crippen LogP contribution in [0.1, 0.15) is 22.3 Å². The zero-order valence-electron chi connectivity index (χ0n) is 13.2. The smallest absolute Gasteiger partial charge is 0.255 e. The maximum absolute atomic E-state index is 12.3. The molecular weight excluding hydrogens is 292 g/mol. The van der Waals surface area contributed by atoms with Gasteiger partial charge in [0.2, 0.25) is 0 Å². The summed E-state index contributed by atoms with van der Waals surface area (Å²) in [6.07, 6.45) is 0.791. The number of carbonyl (C=O) groups is 1. The molecule has 1 amide bonds. The molecule has 0 bridgehead atoms. The summed E-state index contributed by atoms with van der Waals surface area (Å²) in [6.45, 7) is 1.63. The zero-order chi connectivity index (χ0) is 16.5. The molecule has 0 saturated carbocycles. The van der Waals surface area contributed by atoms with E-state index in [4.69, 9.17) is 15.2 Å². The standard InChI is InChI=1S/C18H22N2O3/c1-22-11-4-12-23-17-6-3-2-5-16(17)20-18(21)15-9-7-14(13-19)8-10-15/h2-3,5-10H,4,11-13,19H2,1H3,(H,20,21). The molecule has 0 spiro atoms. The third kappa shape index (κ3) is 5.09. The molecular formula is C18H22N2O3. The van der Waals surface area contributed by atoms with E-state index in [0.717, 1.165) is 12.0 Å². The van der Waals surface area contributed by atoms with Crippen LogP contribution in [0.25, 0.3) is 0 Å². The Labute approximate surface area is 136 Å². The van der Waals surface area contributed by atoms with Gasteiger partial charge < -0.3 is 20.5 Å². The maximum Gasteiger partial charge on any atom is 0.255 e. The first kappa shape index (κ1) is 17.0. The third-order valence-corrected chi connectivity index (χ3v) is 3.34. The molecule has 122 valence electrons. The molecule has 0 atom stereocenters. The molecule has 0 unspecified atom stereocenters. The Kier molecular flexibility index (Phi) is 6.59. The van der Waals surface area contributed by atoms with Crippen molar-refractivity contribution in [1.82, 2.24) is 0 Å². The molecule has 0 radical (unpaired) electrons. The van der Waals surface area contributed by atoms with Gasteiger partial charge in [-0.2, -0.15) is 0 Å². The Bertz CT molecular complexity index is 626. The van der Waals surface area contributed by atoms with Crippen molar-refractivity contribution < 1.29 is 14.3 Å². The number of nitrogens with one attached hydrogen (secondary N) is 1. The highest BCUT2D eigenvalue weighted by Crippen LogP contribution is 2.24. The lowest BCUT2D eigenvalue weighted by Gasteiger charge is -2.12. The number of methoxy groups -OCH3 is 1. The van der Waals surface area contributed by atoms with Gasteiger partial charge in [-0.15, -0.1) is 0 Å². The van der Waals surface area contributed by atoms with Crippen molar-refractivity contribution in [2.75, 3.05) is 25.6 Å². The lowest BCUT2D eigenvalue weighted by molar-refractivity contribution is 0.102. The first-order valence-corrected chi connectivity index (χ1v) is 7.55. The van der Waals surface area contributed by atoms with Crippen molar-refractivity contribution in [1.29, 1.82) is 0 Å².